The van der Waals surface area contributed by atoms with Crippen molar-refractivity contribution in [3.05, 3.63) is 41.2 Å². The zero-order valence-corrected chi connectivity index (χ0v) is 27.6. The lowest BCUT2D eigenvalue weighted by Gasteiger charge is -2.33. The van der Waals surface area contributed by atoms with E-state index in [1.54, 1.807) is 34.7 Å². The predicted octanol–water partition coefficient (Wildman–Crippen LogP) is 3.30. The van der Waals surface area contributed by atoms with Crippen molar-refractivity contribution in [1.29, 1.82) is 0 Å². The van der Waals surface area contributed by atoms with Crippen molar-refractivity contribution in [2.24, 2.45) is 11.3 Å². The zero-order valence-electron chi connectivity index (χ0n) is 27.6. The van der Waals surface area contributed by atoms with E-state index in [4.69, 9.17) is 14.2 Å². The first-order valence-corrected chi connectivity index (χ1v) is 15.9. The molecule has 0 saturated carbocycles. The standard InChI is InChI=1S/C33H49N5O7/c1-7-38-26(18-24(5)36-38)31(41)37-16-9-10-29(39)35-22-33(14-13-23(3)4,32(42)44-8-2)20-25-11-12-27(28(19-25)43-6)45-21-30(40)34-15-17-37/h11-12,18-19,23H,7-10,13-17,20-22H2,1-6H3,(H,34,40)(H,35,39). The Labute approximate surface area is 266 Å². The molecule has 3 amide bonds. The maximum Gasteiger partial charge on any atom is 0.314 e. The van der Waals surface area contributed by atoms with Crippen molar-refractivity contribution in [3.8, 4) is 11.5 Å². The molecule has 2 N–H and O–H groups in total. The summed E-state index contributed by atoms with van der Waals surface area (Å²) >= 11 is 0. The number of benzene rings is 1. The number of carbonyl (C=O) groups is 4. The van der Waals surface area contributed by atoms with Gasteiger partial charge in [0, 0.05) is 39.1 Å². The van der Waals surface area contributed by atoms with Crippen LogP contribution in [0, 0.1) is 18.3 Å². The highest BCUT2D eigenvalue weighted by atomic mass is 16.5. The molecule has 2 bridgehead atoms. The molecule has 0 aliphatic carbocycles. The Hall–Kier alpha value is -4.09. The fourth-order valence-electron chi connectivity index (χ4n) is 5.41. The summed E-state index contributed by atoms with van der Waals surface area (Å²) < 4.78 is 18.6. The molecule has 2 aliphatic heterocycles. The van der Waals surface area contributed by atoms with E-state index in [-0.39, 0.29) is 63.0 Å². The highest BCUT2D eigenvalue weighted by Crippen LogP contribution is 2.35. The highest BCUT2D eigenvalue weighted by molar-refractivity contribution is 5.93. The second-order valence-corrected chi connectivity index (χ2v) is 11.9. The fourth-order valence-corrected chi connectivity index (χ4v) is 5.41. The quantitative estimate of drug-likeness (QED) is 0.336. The van der Waals surface area contributed by atoms with Crippen molar-refractivity contribution >= 4 is 23.7 Å². The number of amides is 3. The van der Waals surface area contributed by atoms with E-state index < -0.39 is 5.41 Å². The number of nitrogens with one attached hydrogen (secondary N) is 2. The summed E-state index contributed by atoms with van der Waals surface area (Å²) in [5.74, 6) is -0.0362. The van der Waals surface area contributed by atoms with Crippen LogP contribution < -0.4 is 20.1 Å². The lowest BCUT2D eigenvalue weighted by molar-refractivity contribution is -0.156. The number of carbonyl (C=O) groups excluding carboxylic acids is 4. The maximum absolute atomic E-state index is 13.6. The van der Waals surface area contributed by atoms with Gasteiger partial charge < -0.3 is 29.7 Å². The average Bonchev–Trinajstić information content (AvgIpc) is 3.40. The summed E-state index contributed by atoms with van der Waals surface area (Å²) in [6.45, 7) is 11.0. The van der Waals surface area contributed by atoms with Crippen LogP contribution in [0.25, 0.3) is 0 Å². The molecular formula is C33H49N5O7. The molecule has 0 spiro atoms. The SMILES string of the molecule is CCOC(=O)C1(CCC(C)C)CNC(=O)CCCN(C(=O)c2cc(C)nn2CC)CCNC(=O)COc2ccc(cc2OC)C1. The molecule has 1 unspecified atom stereocenters. The van der Waals surface area contributed by atoms with Gasteiger partial charge in [-0.15, -0.1) is 0 Å². The molecule has 2 aromatic rings. The molecular weight excluding hydrogens is 578 g/mol. The third-order valence-corrected chi connectivity index (χ3v) is 7.91. The first-order chi connectivity index (χ1) is 21.5. The second-order valence-electron chi connectivity index (χ2n) is 11.9. The Bertz CT molecular complexity index is 1320. The average molecular weight is 628 g/mol. The summed E-state index contributed by atoms with van der Waals surface area (Å²) in [6.07, 6.45) is 2.12. The smallest absolute Gasteiger partial charge is 0.314 e. The number of ether oxygens (including phenoxy) is 3. The van der Waals surface area contributed by atoms with Gasteiger partial charge in [0.25, 0.3) is 11.8 Å². The first-order valence-electron chi connectivity index (χ1n) is 15.9. The minimum Gasteiger partial charge on any atom is -0.493 e. The normalized spacial score (nSPS) is 18.7. The Morgan fingerprint density at radius 1 is 1.11 bits per heavy atom. The largest absolute Gasteiger partial charge is 0.493 e. The molecule has 1 aromatic heterocycles. The van der Waals surface area contributed by atoms with E-state index in [1.165, 1.54) is 7.11 Å². The summed E-state index contributed by atoms with van der Waals surface area (Å²) in [5.41, 5.74) is 0.980. The number of nitrogens with zero attached hydrogens (tertiary/aromatic N) is 3. The van der Waals surface area contributed by atoms with Crippen molar-refractivity contribution in [3.63, 3.8) is 0 Å². The number of fused-ring (bicyclic) bond motifs is 16. The van der Waals surface area contributed by atoms with Gasteiger partial charge in [0.1, 0.15) is 5.69 Å². The highest BCUT2D eigenvalue weighted by Gasteiger charge is 2.40. The van der Waals surface area contributed by atoms with Gasteiger partial charge >= 0.3 is 5.97 Å². The molecule has 0 radical (unpaired) electrons. The van der Waals surface area contributed by atoms with E-state index in [2.05, 4.69) is 29.6 Å². The molecule has 4 rings (SSSR count). The monoisotopic (exact) mass is 627 g/mol. The molecule has 12 heteroatoms. The lowest BCUT2D eigenvalue weighted by Crippen LogP contribution is -2.46. The van der Waals surface area contributed by atoms with Gasteiger partial charge in [0.05, 0.1) is 24.8 Å². The molecule has 0 fully saturated rings. The number of methoxy groups -OCH3 is 1. The minimum atomic E-state index is -1.01. The number of esters is 1. The van der Waals surface area contributed by atoms with Crippen molar-refractivity contribution in [1.82, 2.24) is 25.3 Å². The number of rotatable bonds is 8. The van der Waals surface area contributed by atoms with Crippen LogP contribution in [0.3, 0.4) is 0 Å². The third-order valence-electron chi connectivity index (χ3n) is 7.91. The van der Waals surface area contributed by atoms with E-state index in [0.29, 0.717) is 55.5 Å². The Morgan fingerprint density at radius 3 is 2.58 bits per heavy atom. The van der Waals surface area contributed by atoms with E-state index in [9.17, 15) is 19.2 Å². The fraction of sp³-hybridized carbons (Fsp3) is 0.606. The van der Waals surface area contributed by atoms with Gasteiger partial charge in [0.15, 0.2) is 18.1 Å². The van der Waals surface area contributed by atoms with Crippen LogP contribution in [0.4, 0.5) is 0 Å². The van der Waals surface area contributed by atoms with Crippen molar-refractivity contribution in [2.75, 3.05) is 46.5 Å². The van der Waals surface area contributed by atoms with Crippen LogP contribution in [0.1, 0.15) is 75.1 Å². The Morgan fingerprint density at radius 2 is 1.89 bits per heavy atom. The molecule has 45 heavy (non-hydrogen) atoms. The van der Waals surface area contributed by atoms with Gasteiger partial charge in [-0.2, -0.15) is 5.10 Å². The Kier molecular flexibility index (Phi) is 13.2. The molecule has 1 aromatic carbocycles. The topological polar surface area (TPSA) is 141 Å². The van der Waals surface area contributed by atoms with E-state index >= 15 is 0 Å². The van der Waals surface area contributed by atoms with Crippen LogP contribution >= 0.6 is 0 Å². The van der Waals surface area contributed by atoms with Gasteiger partial charge in [-0.25, -0.2) is 0 Å². The van der Waals surface area contributed by atoms with Gasteiger partial charge in [0.2, 0.25) is 5.91 Å². The molecule has 3 heterocycles. The second kappa shape index (κ2) is 16.8. The summed E-state index contributed by atoms with van der Waals surface area (Å²) in [5, 5.41) is 10.2. The van der Waals surface area contributed by atoms with Crippen molar-refractivity contribution in [2.45, 2.75) is 73.3 Å². The van der Waals surface area contributed by atoms with Gasteiger partial charge in [-0.1, -0.05) is 19.9 Å². The summed E-state index contributed by atoms with van der Waals surface area (Å²) in [7, 11) is 1.51. The van der Waals surface area contributed by atoms with Crippen LogP contribution in [0.5, 0.6) is 11.5 Å². The Balaban J connectivity index is 1.93. The number of hydrogen-bond acceptors (Lipinski definition) is 8. The first kappa shape index (κ1) is 35.4. The summed E-state index contributed by atoms with van der Waals surface area (Å²) in [4.78, 5) is 54.6. The van der Waals surface area contributed by atoms with Crippen LogP contribution in [0.2, 0.25) is 0 Å². The third kappa shape index (κ3) is 9.95. The summed E-state index contributed by atoms with van der Waals surface area (Å²) in [6, 6.07) is 7.08. The van der Waals surface area contributed by atoms with Crippen LogP contribution in [-0.4, -0.2) is 84.9 Å². The van der Waals surface area contributed by atoms with Crippen LogP contribution in [-0.2, 0) is 32.1 Å². The van der Waals surface area contributed by atoms with Gasteiger partial charge in [-0.3, -0.25) is 23.9 Å². The van der Waals surface area contributed by atoms with E-state index in [0.717, 1.165) is 17.7 Å². The number of aromatic nitrogens is 2. The minimum absolute atomic E-state index is 0.105. The molecule has 0 saturated heterocycles. The van der Waals surface area contributed by atoms with E-state index in [1.807, 2.05) is 19.9 Å². The van der Waals surface area contributed by atoms with Crippen LogP contribution in [0.15, 0.2) is 24.3 Å². The molecule has 1 atom stereocenters. The zero-order chi connectivity index (χ0) is 33.0. The number of aryl methyl sites for hydroxylation is 2. The maximum atomic E-state index is 13.6. The lowest BCUT2D eigenvalue weighted by atomic mass is 9.76. The predicted molar refractivity (Wildman–Crippen MR) is 169 cm³/mol. The molecule has 12 nitrogen and oxygen atoms in total. The van der Waals surface area contributed by atoms with Gasteiger partial charge in [-0.05, 0) is 76.1 Å². The molecule has 2 aliphatic rings. The van der Waals surface area contributed by atoms with Crippen molar-refractivity contribution < 1.29 is 33.4 Å². The number of hydrogen-bond donors (Lipinski definition) is 2. The molecule has 248 valence electrons.